The van der Waals surface area contributed by atoms with Crippen molar-refractivity contribution in [2.75, 3.05) is 23.8 Å². The van der Waals surface area contributed by atoms with Crippen LogP contribution in [0.5, 0.6) is 0 Å². The van der Waals surface area contributed by atoms with Gasteiger partial charge < -0.3 is 37.5 Å². The number of aromatic nitrogens is 2. The van der Waals surface area contributed by atoms with Crippen LogP contribution in [0, 0.1) is 10.8 Å². The average molecular weight is 615 g/mol. The highest BCUT2D eigenvalue weighted by molar-refractivity contribution is 7.22. The van der Waals surface area contributed by atoms with Gasteiger partial charge in [0.2, 0.25) is 0 Å². The van der Waals surface area contributed by atoms with Gasteiger partial charge in [-0.3, -0.25) is 0 Å². The maximum Gasteiger partial charge on any atom is 0.355 e. The Balaban J connectivity index is 1.55. The van der Waals surface area contributed by atoms with Crippen molar-refractivity contribution in [2.45, 2.75) is 52.9 Å². The van der Waals surface area contributed by atoms with Crippen LogP contribution in [0.2, 0.25) is 0 Å². The van der Waals surface area contributed by atoms with Gasteiger partial charge in [0, 0.05) is 36.6 Å². The number of carboxylic acids is 1. The number of hydrogen-bond acceptors (Lipinski definition) is 10. The zero-order valence-corrected chi connectivity index (χ0v) is 26.6. The number of allylic oxidation sites excluding steroid dienone is 5. The molecule has 10 nitrogen and oxygen atoms in total. The summed E-state index contributed by atoms with van der Waals surface area (Å²) >= 11 is 1.50. The van der Waals surface area contributed by atoms with Crippen LogP contribution in [0.15, 0.2) is 77.5 Å². The molecule has 1 unspecified atom stereocenters. The predicted molar refractivity (Wildman–Crippen MR) is 182 cm³/mol. The van der Waals surface area contributed by atoms with Crippen molar-refractivity contribution in [1.82, 2.24) is 15.3 Å². The highest BCUT2D eigenvalue weighted by Crippen LogP contribution is 2.41. The van der Waals surface area contributed by atoms with E-state index in [9.17, 15) is 9.90 Å². The van der Waals surface area contributed by atoms with Crippen molar-refractivity contribution in [3.63, 3.8) is 0 Å². The number of nitrogens with one attached hydrogen (secondary N) is 3. The van der Waals surface area contributed by atoms with E-state index >= 15 is 0 Å². The molecule has 232 valence electrons. The Kier molecular flexibility index (Phi) is 10.1. The Morgan fingerprint density at radius 3 is 2.64 bits per heavy atom. The molecule has 1 aliphatic rings. The second kappa shape index (κ2) is 13.8. The maximum atomic E-state index is 12.4. The van der Waals surface area contributed by atoms with E-state index in [1.165, 1.54) is 23.1 Å². The van der Waals surface area contributed by atoms with Gasteiger partial charge in [-0.25, -0.2) is 14.8 Å². The summed E-state index contributed by atoms with van der Waals surface area (Å²) in [5.41, 5.74) is 17.0. The van der Waals surface area contributed by atoms with E-state index in [1.807, 2.05) is 38.1 Å². The molecule has 4 rings (SSSR count). The minimum Gasteiger partial charge on any atom is -0.476 e. The second-order valence-electron chi connectivity index (χ2n) is 11.4. The quantitative estimate of drug-likeness (QED) is 0.0766. The van der Waals surface area contributed by atoms with Crippen LogP contribution in [-0.4, -0.2) is 40.9 Å². The number of nitrogens with two attached hydrogens (primary N) is 2. The number of rotatable bonds is 12. The largest absolute Gasteiger partial charge is 0.476 e. The monoisotopic (exact) mass is 614 g/mol. The van der Waals surface area contributed by atoms with Gasteiger partial charge in [0.25, 0.3) is 0 Å². The van der Waals surface area contributed by atoms with Gasteiger partial charge in [0.15, 0.2) is 10.8 Å². The van der Waals surface area contributed by atoms with Crippen LogP contribution in [0.25, 0.3) is 15.8 Å². The number of fused-ring (bicyclic) bond motifs is 1. The molecule has 0 radical (unpaired) electrons. The van der Waals surface area contributed by atoms with Crippen molar-refractivity contribution >= 4 is 50.3 Å². The fourth-order valence-electron chi connectivity index (χ4n) is 5.49. The number of aromatic carboxylic acids is 1. The first-order chi connectivity index (χ1) is 21.0. The van der Waals surface area contributed by atoms with E-state index in [0.29, 0.717) is 39.3 Å². The number of para-hydroxylation sites is 1. The van der Waals surface area contributed by atoms with Gasteiger partial charge in [-0.15, -0.1) is 0 Å². The normalized spacial score (nSPS) is 18.4. The van der Waals surface area contributed by atoms with Crippen LogP contribution in [0.1, 0.15) is 68.9 Å². The van der Waals surface area contributed by atoms with Crippen LogP contribution >= 0.6 is 11.3 Å². The summed E-state index contributed by atoms with van der Waals surface area (Å²) in [4.78, 5) is 22.9. The molecule has 1 atom stereocenters. The van der Waals surface area contributed by atoms with Gasteiger partial charge in [0.1, 0.15) is 17.5 Å². The lowest BCUT2D eigenvalue weighted by molar-refractivity contribution is 0.0690. The van der Waals surface area contributed by atoms with Crippen LogP contribution in [0.3, 0.4) is 0 Å². The third kappa shape index (κ3) is 7.28. The van der Waals surface area contributed by atoms with Gasteiger partial charge in [-0.2, -0.15) is 0 Å². The highest BCUT2D eigenvalue weighted by Gasteiger charge is 2.31. The zero-order chi connectivity index (χ0) is 32.0. The predicted octanol–water partition coefficient (Wildman–Crippen LogP) is 6.42. The lowest BCUT2D eigenvalue weighted by Gasteiger charge is -2.38. The summed E-state index contributed by atoms with van der Waals surface area (Å²) in [5.74, 6) is -0.154. The standard InChI is InChI=1S/C33H42N8O2S/c1-6-33(15-9-10-20(2)17-33)19-37-22(4)24(18-34)23-13-14-28(39-29(23)31(42)43)41(5)27(35)16-21(3)30(36)40-32-38-25-11-7-8-12-26(25)44-32/h7-8,11-14,16,18,34,37H,2,6,9-10,15,17,19,35-36H2,1,3-5H3,(H,38,40)(H,42,43)/b24-22+,27-16+,30-21+,34-18?. The summed E-state index contributed by atoms with van der Waals surface area (Å²) in [7, 11) is 1.70. The van der Waals surface area contributed by atoms with E-state index in [1.54, 1.807) is 30.2 Å². The molecule has 1 saturated carbocycles. The molecule has 3 aromatic rings. The maximum absolute atomic E-state index is 12.4. The molecule has 0 bridgehead atoms. The van der Waals surface area contributed by atoms with Gasteiger partial charge >= 0.3 is 5.97 Å². The van der Waals surface area contributed by atoms with E-state index < -0.39 is 5.97 Å². The number of hydrogen-bond donors (Lipinski definition) is 6. The molecule has 2 aromatic heterocycles. The second-order valence-corrected chi connectivity index (χ2v) is 12.4. The molecule has 1 fully saturated rings. The third-order valence-corrected chi connectivity index (χ3v) is 9.27. The van der Waals surface area contributed by atoms with Crippen molar-refractivity contribution in [3.8, 4) is 0 Å². The summed E-state index contributed by atoms with van der Waals surface area (Å²) in [6, 6.07) is 11.2. The molecule has 8 N–H and O–H groups in total. The molecule has 0 saturated heterocycles. The van der Waals surface area contributed by atoms with Crippen LogP contribution in [0.4, 0.5) is 10.9 Å². The molecule has 11 heteroatoms. The van der Waals surface area contributed by atoms with Crippen LogP contribution < -0.4 is 27.0 Å². The molecule has 0 spiro atoms. The van der Waals surface area contributed by atoms with Gasteiger partial charge in [0.05, 0.1) is 10.2 Å². The molecule has 2 heterocycles. The summed E-state index contributed by atoms with van der Waals surface area (Å²) < 4.78 is 1.05. The Morgan fingerprint density at radius 2 is 1.98 bits per heavy atom. The first-order valence-electron chi connectivity index (χ1n) is 14.6. The fraction of sp³-hybridized carbons (Fsp3) is 0.333. The van der Waals surface area contributed by atoms with Crippen LogP contribution in [-0.2, 0) is 0 Å². The summed E-state index contributed by atoms with van der Waals surface area (Å²) in [5, 5.41) is 25.5. The van der Waals surface area contributed by atoms with Crippen molar-refractivity contribution in [2.24, 2.45) is 16.9 Å². The van der Waals surface area contributed by atoms with E-state index in [4.69, 9.17) is 16.9 Å². The molecule has 44 heavy (non-hydrogen) atoms. The van der Waals surface area contributed by atoms with Gasteiger partial charge in [-0.1, -0.05) is 42.5 Å². The molecule has 1 aromatic carbocycles. The van der Waals surface area contributed by atoms with Crippen molar-refractivity contribution < 1.29 is 9.90 Å². The number of nitrogens with zero attached hydrogens (tertiary/aromatic N) is 3. The van der Waals surface area contributed by atoms with Crippen molar-refractivity contribution in [1.29, 1.82) is 5.41 Å². The number of anilines is 2. The first kappa shape index (κ1) is 32.3. The molecule has 1 aliphatic carbocycles. The Morgan fingerprint density at radius 1 is 1.23 bits per heavy atom. The number of pyridine rings is 1. The lowest BCUT2D eigenvalue weighted by Crippen LogP contribution is -2.35. The molecular weight excluding hydrogens is 572 g/mol. The minimum atomic E-state index is -1.20. The first-order valence-corrected chi connectivity index (χ1v) is 15.4. The zero-order valence-electron chi connectivity index (χ0n) is 25.8. The van der Waals surface area contributed by atoms with Gasteiger partial charge in [-0.05, 0) is 87.3 Å². The third-order valence-electron chi connectivity index (χ3n) is 8.32. The number of thiazole rings is 1. The van der Waals surface area contributed by atoms with Crippen molar-refractivity contribution in [3.05, 3.63) is 88.8 Å². The van der Waals surface area contributed by atoms with E-state index in [2.05, 4.69) is 34.1 Å². The Bertz CT molecular complexity index is 1640. The number of carbonyl (C=O) groups is 1. The smallest absolute Gasteiger partial charge is 0.355 e. The Labute approximate surface area is 262 Å². The van der Waals surface area contributed by atoms with E-state index in [0.717, 1.165) is 54.6 Å². The fourth-order valence-corrected chi connectivity index (χ4v) is 6.36. The number of carboxylic acid groups (broad SMARTS) is 1. The minimum absolute atomic E-state index is 0.105. The molecule has 0 aliphatic heterocycles. The molecule has 0 amide bonds. The summed E-state index contributed by atoms with van der Waals surface area (Å²) in [6.45, 7) is 10.8. The SMILES string of the molecule is C=C1CCCC(CC)(CN/C(C)=C(\C=N)c2ccc(N(C)/C(N)=C/C(C)=C(\N)Nc3nc4ccccc4s3)nc2C(=O)O)C1. The number of benzene rings is 1. The molecular formula is C33H42N8O2S. The average Bonchev–Trinajstić information content (AvgIpc) is 3.42. The Hall–Kier alpha value is -4.64. The summed E-state index contributed by atoms with van der Waals surface area (Å²) in [6.07, 6.45) is 8.15. The van der Waals surface area contributed by atoms with E-state index in [-0.39, 0.29) is 11.1 Å². The lowest BCUT2D eigenvalue weighted by atomic mass is 9.70. The highest BCUT2D eigenvalue weighted by atomic mass is 32.1. The topological polar surface area (TPSA) is 166 Å².